The number of para-hydroxylation sites is 1. The monoisotopic (exact) mass is 289 g/mol. The van der Waals surface area contributed by atoms with Crippen LogP contribution in [-0.2, 0) is 19.1 Å². The van der Waals surface area contributed by atoms with Gasteiger partial charge in [0.1, 0.15) is 5.01 Å². The second-order valence-electron chi connectivity index (χ2n) is 4.23. The van der Waals surface area contributed by atoms with Gasteiger partial charge in [-0.25, -0.2) is 14.6 Å². The highest BCUT2D eigenvalue weighted by Crippen LogP contribution is 2.22. The fraction of sp³-hybridized carbons (Fsp3) is 0.214. The highest BCUT2D eigenvalue weighted by Gasteiger charge is 2.29. The number of hydrogen-bond donors (Lipinski definition) is 0. The molecule has 1 saturated heterocycles. The molecule has 1 aromatic carbocycles. The summed E-state index contributed by atoms with van der Waals surface area (Å²) in [5, 5.41) is 0.720. The summed E-state index contributed by atoms with van der Waals surface area (Å²) < 4.78 is 10.8. The van der Waals surface area contributed by atoms with E-state index in [1.54, 1.807) is 6.08 Å². The van der Waals surface area contributed by atoms with Crippen LogP contribution < -0.4 is 0 Å². The van der Waals surface area contributed by atoms with E-state index in [9.17, 15) is 9.59 Å². The molecule has 6 heteroatoms. The molecule has 0 spiro atoms. The minimum Gasteiger partial charge on any atom is -0.463 e. The van der Waals surface area contributed by atoms with Crippen molar-refractivity contribution in [1.29, 1.82) is 0 Å². The molecule has 1 fully saturated rings. The average Bonchev–Trinajstić information content (AvgIpc) is 3.03. The Bertz CT molecular complexity index is 658. The van der Waals surface area contributed by atoms with Crippen LogP contribution in [0.25, 0.3) is 16.3 Å². The first-order chi connectivity index (χ1) is 9.72. The molecule has 2 heterocycles. The first kappa shape index (κ1) is 12.8. The molecule has 1 unspecified atom stereocenters. The third kappa shape index (κ3) is 2.70. The molecule has 102 valence electrons. The number of rotatable bonds is 3. The van der Waals surface area contributed by atoms with Gasteiger partial charge in [-0.15, -0.1) is 11.3 Å². The molecule has 0 amide bonds. The zero-order chi connectivity index (χ0) is 13.9. The fourth-order valence-electron chi connectivity index (χ4n) is 1.86. The van der Waals surface area contributed by atoms with Gasteiger partial charge in [0.2, 0.25) is 6.10 Å². The lowest BCUT2D eigenvalue weighted by atomic mass is 10.3. The van der Waals surface area contributed by atoms with Crippen LogP contribution in [0.2, 0.25) is 0 Å². The predicted octanol–water partition coefficient (Wildman–Crippen LogP) is 2.17. The Kier molecular flexibility index (Phi) is 3.47. The molecule has 0 N–H and O–H groups in total. The van der Waals surface area contributed by atoms with Crippen LogP contribution in [0.4, 0.5) is 0 Å². The Hall–Kier alpha value is -2.21. The van der Waals surface area contributed by atoms with Crippen molar-refractivity contribution in [3.05, 3.63) is 35.3 Å². The topological polar surface area (TPSA) is 65.5 Å². The summed E-state index contributed by atoms with van der Waals surface area (Å²) in [5.74, 6) is -1.04. The lowest BCUT2D eigenvalue weighted by Gasteiger charge is -2.04. The van der Waals surface area contributed by atoms with Gasteiger partial charge in [0.05, 0.1) is 16.8 Å². The predicted molar refractivity (Wildman–Crippen MR) is 74.1 cm³/mol. The molecule has 3 rings (SSSR count). The first-order valence-corrected chi connectivity index (χ1v) is 6.95. The third-order valence-electron chi connectivity index (χ3n) is 2.82. The molecule has 0 aliphatic carbocycles. The van der Waals surface area contributed by atoms with Crippen molar-refractivity contribution in [2.45, 2.75) is 12.5 Å². The lowest BCUT2D eigenvalue weighted by Crippen LogP contribution is -2.21. The average molecular weight is 289 g/mol. The fourth-order valence-corrected chi connectivity index (χ4v) is 2.73. The van der Waals surface area contributed by atoms with Crippen LogP contribution in [0.5, 0.6) is 0 Å². The maximum atomic E-state index is 11.6. The van der Waals surface area contributed by atoms with Crippen LogP contribution in [0.1, 0.15) is 11.4 Å². The number of cyclic esters (lactones) is 1. The number of aromatic nitrogens is 1. The summed E-state index contributed by atoms with van der Waals surface area (Å²) in [4.78, 5) is 27.1. The summed E-state index contributed by atoms with van der Waals surface area (Å²) in [5.41, 5.74) is 0.893. The van der Waals surface area contributed by atoms with Crippen LogP contribution in [-0.4, -0.2) is 29.6 Å². The zero-order valence-electron chi connectivity index (χ0n) is 10.4. The van der Waals surface area contributed by atoms with Gasteiger partial charge >= 0.3 is 11.9 Å². The summed E-state index contributed by atoms with van der Waals surface area (Å²) in [6, 6.07) is 7.73. The number of fused-ring (bicyclic) bond motifs is 1. The van der Waals surface area contributed by atoms with Gasteiger partial charge in [-0.3, -0.25) is 0 Å². The molecule has 0 radical (unpaired) electrons. The maximum Gasteiger partial charge on any atom is 0.347 e. The second-order valence-corrected chi connectivity index (χ2v) is 5.30. The number of carbonyl (C=O) groups excluding carboxylic acids is 2. The molecule has 1 atom stereocenters. The molecule has 0 bridgehead atoms. The number of nitrogens with zero attached hydrogens (tertiary/aromatic N) is 1. The second kappa shape index (κ2) is 5.42. The number of esters is 2. The molecule has 2 aromatic rings. The lowest BCUT2D eigenvalue weighted by molar-refractivity contribution is -0.156. The Morgan fingerprint density at radius 2 is 2.30 bits per heavy atom. The van der Waals surface area contributed by atoms with Crippen molar-refractivity contribution in [2.24, 2.45) is 0 Å². The van der Waals surface area contributed by atoms with Gasteiger partial charge in [0, 0.05) is 12.5 Å². The van der Waals surface area contributed by atoms with E-state index in [0.717, 1.165) is 15.2 Å². The van der Waals surface area contributed by atoms with Crippen molar-refractivity contribution < 1.29 is 19.1 Å². The summed E-state index contributed by atoms with van der Waals surface area (Å²) in [7, 11) is 0. The summed E-state index contributed by atoms with van der Waals surface area (Å²) in [6.45, 7) is 0.304. The van der Waals surface area contributed by atoms with Crippen LogP contribution in [0, 0.1) is 0 Å². The van der Waals surface area contributed by atoms with Gasteiger partial charge in [-0.2, -0.15) is 0 Å². The molecule has 1 aliphatic heterocycles. The Morgan fingerprint density at radius 3 is 3.05 bits per heavy atom. The van der Waals surface area contributed by atoms with Gasteiger partial charge in [0.15, 0.2) is 0 Å². The Morgan fingerprint density at radius 1 is 1.45 bits per heavy atom. The van der Waals surface area contributed by atoms with Crippen LogP contribution in [0.3, 0.4) is 0 Å². The van der Waals surface area contributed by atoms with Crippen molar-refractivity contribution in [1.82, 2.24) is 4.98 Å². The molecular formula is C14H11NO4S. The van der Waals surface area contributed by atoms with E-state index in [1.165, 1.54) is 17.4 Å². The molecular weight excluding hydrogens is 278 g/mol. The highest BCUT2D eigenvalue weighted by atomic mass is 32.1. The smallest absolute Gasteiger partial charge is 0.347 e. The molecule has 0 saturated carbocycles. The number of benzene rings is 1. The highest BCUT2D eigenvalue weighted by molar-refractivity contribution is 7.19. The van der Waals surface area contributed by atoms with E-state index in [1.807, 2.05) is 24.3 Å². The summed E-state index contributed by atoms with van der Waals surface area (Å²) >= 11 is 1.49. The van der Waals surface area contributed by atoms with E-state index < -0.39 is 18.0 Å². The van der Waals surface area contributed by atoms with E-state index in [4.69, 9.17) is 9.47 Å². The number of ether oxygens (including phenoxy) is 2. The zero-order valence-corrected chi connectivity index (χ0v) is 11.3. The quantitative estimate of drug-likeness (QED) is 0.640. The van der Waals surface area contributed by atoms with E-state index in [0.29, 0.717) is 13.0 Å². The minimum atomic E-state index is -0.775. The third-order valence-corrected chi connectivity index (χ3v) is 3.82. The van der Waals surface area contributed by atoms with E-state index in [-0.39, 0.29) is 0 Å². The molecule has 1 aromatic heterocycles. The number of carbonyl (C=O) groups is 2. The first-order valence-electron chi connectivity index (χ1n) is 6.13. The van der Waals surface area contributed by atoms with Crippen molar-refractivity contribution in [3.8, 4) is 0 Å². The summed E-state index contributed by atoms with van der Waals surface area (Å²) in [6.07, 6.45) is 2.51. The van der Waals surface area contributed by atoms with Gasteiger partial charge < -0.3 is 9.47 Å². The Balaban J connectivity index is 1.67. The van der Waals surface area contributed by atoms with Crippen molar-refractivity contribution >= 4 is 39.6 Å². The largest absolute Gasteiger partial charge is 0.463 e. The van der Waals surface area contributed by atoms with Gasteiger partial charge in [-0.05, 0) is 18.2 Å². The van der Waals surface area contributed by atoms with Crippen LogP contribution >= 0.6 is 11.3 Å². The normalized spacial score (nSPS) is 18.6. The Labute approximate surface area is 118 Å². The minimum absolute atomic E-state index is 0.304. The van der Waals surface area contributed by atoms with Crippen molar-refractivity contribution in [2.75, 3.05) is 6.61 Å². The van der Waals surface area contributed by atoms with E-state index in [2.05, 4.69) is 4.98 Å². The SMILES string of the molecule is O=C(/C=C/c1nc2ccccc2s1)OC1CCOC1=O. The molecule has 5 nitrogen and oxygen atoms in total. The van der Waals surface area contributed by atoms with Crippen molar-refractivity contribution in [3.63, 3.8) is 0 Å². The molecule has 1 aliphatic rings. The number of thiazole rings is 1. The van der Waals surface area contributed by atoms with Gasteiger partial charge in [0.25, 0.3) is 0 Å². The standard InChI is InChI=1S/C14H11NO4S/c16-13(19-10-7-8-18-14(10)17)6-5-12-15-9-3-1-2-4-11(9)20-12/h1-6,10H,7-8H2/b6-5+. The maximum absolute atomic E-state index is 11.6. The van der Waals surface area contributed by atoms with Crippen LogP contribution in [0.15, 0.2) is 30.3 Å². The number of hydrogen-bond acceptors (Lipinski definition) is 6. The molecule has 20 heavy (non-hydrogen) atoms. The van der Waals surface area contributed by atoms with Gasteiger partial charge in [-0.1, -0.05) is 12.1 Å². The van der Waals surface area contributed by atoms with E-state index >= 15 is 0 Å².